The molecule has 4 bridgehead atoms. The maximum absolute atomic E-state index is 7.03. The zero-order valence-corrected chi connectivity index (χ0v) is 39.8. The molecule has 4 aliphatic rings. The molecule has 0 amide bonds. The Morgan fingerprint density at radius 2 is 0.806 bits per heavy atom. The summed E-state index contributed by atoms with van der Waals surface area (Å²) in [5, 5.41) is 4.24. The summed E-state index contributed by atoms with van der Waals surface area (Å²) in [6.45, 7) is 0. The number of benzene rings is 9. The minimum absolute atomic E-state index is 0.378. The number of para-hydroxylation sites is 3. The molecule has 72 heavy (non-hydrogen) atoms. The van der Waals surface area contributed by atoms with Gasteiger partial charge in [0.2, 0.25) is 0 Å². The van der Waals surface area contributed by atoms with Gasteiger partial charge in [0.05, 0.1) is 5.56 Å². The first kappa shape index (κ1) is 41.4. The Kier molecular flexibility index (Phi) is 9.38. The maximum atomic E-state index is 7.03. The molecule has 3 aromatic heterocycles. The largest absolute Gasteiger partial charge is 0.455 e. The first-order chi connectivity index (χ1) is 35.6. The molecule has 0 aliphatic heterocycles. The van der Waals surface area contributed by atoms with Crippen molar-refractivity contribution in [1.82, 2.24) is 15.0 Å². The van der Waals surface area contributed by atoms with Crippen LogP contribution >= 0.6 is 0 Å². The second-order valence-corrected chi connectivity index (χ2v) is 20.9. The average molecular weight is 928 g/mol. The fourth-order valence-corrected chi connectivity index (χ4v) is 13.6. The summed E-state index contributed by atoms with van der Waals surface area (Å²) in [6.07, 6.45) is 8.51. The summed E-state index contributed by atoms with van der Waals surface area (Å²) < 4.78 is 13.9. The first-order valence-corrected chi connectivity index (χ1v) is 25.7. The lowest BCUT2D eigenvalue weighted by atomic mass is 9.48. The van der Waals surface area contributed by atoms with Crippen molar-refractivity contribution in [2.45, 2.75) is 43.9 Å². The highest BCUT2D eigenvalue weighted by molar-refractivity contribution is 6.15. The number of rotatable bonds is 8. The molecule has 0 saturated heterocycles. The zero-order chi connectivity index (χ0) is 47.3. The summed E-state index contributed by atoms with van der Waals surface area (Å²) in [6, 6.07) is 73.1. The van der Waals surface area contributed by atoms with Gasteiger partial charge in [-0.3, -0.25) is 0 Å². The minimum atomic E-state index is 0.378. The maximum Gasteiger partial charge on any atom is 0.167 e. The molecule has 0 spiro atoms. The van der Waals surface area contributed by atoms with Crippen LogP contribution in [-0.4, -0.2) is 15.0 Å². The van der Waals surface area contributed by atoms with Crippen LogP contribution in [-0.2, 0) is 5.41 Å². The molecule has 4 fully saturated rings. The van der Waals surface area contributed by atoms with E-state index in [2.05, 4.69) is 164 Å². The van der Waals surface area contributed by atoms with E-state index in [4.69, 9.17) is 23.8 Å². The van der Waals surface area contributed by atoms with Crippen LogP contribution < -0.4 is 0 Å². The van der Waals surface area contributed by atoms with Crippen LogP contribution in [0.4, 0.5) is 0 Å². The molecule has 5 nitrogen and oxygen atoms in total. The standard InChI is InChI=1S/C67H49N3O2/c1-4-13-44(14-5-1)48-27-31-56(58(36-48)45-15-6-2-7-16-45)65-68-64(47-17-8-3-9-18-47)69-66(70-65)57-24-12-23-55-59-37-49(28-32-60(59)71-63(55)57)52-20-11-22-54-53-21-10-19-51(61(53)72-62(52)54)46-25-29-50(30-26-46)67-38-41-33-42(39-67)35-43(34-41)40-67/h1-32,36-37,41-43H,33-35,38-40H2. The molecule has 0 radical (unpaired) electrons. The van der Waals surface area contributed by atoms with E-state index in [-0.39, 0.29) is 0 Å². The molecule has 16 rings (SSSR count). The van der Waals surface area contributed by atoms with Gasteiger partial charge in [-0.1, -0.05) is 176 Å². The first-order valence-electron chi connectivity index (χ1n) is 25.7. The number of aromatic nitrogens is 3. The van der Waals surface area contributed by atoms with Crippen LogP contribution in [0.5, 0.6) is 0 Å². The van der Waals surface area contributed by atoms with Crippen molar-refractivity contribution in [3.63, 3.8) is 0 Å². The Morgan fingerprint density at radius 1 is 0.319 bits per heavy atom. The second kappa shape index (κ2) is 16.3. The molecular weight excluding hydrogens is 879 g/mol. The molecule has 3 heterocycles. The molecule has 4 saturated carbocycles. The zero-order valence-electron chi connectivity index (χ0n) is 39.8. The number of fused-ring (bicyclic) bond motifs is 6. The Hall–Kier alpha value is -8.41. The van der Waals surface area contributed by atoms with Crippen molar-refractivity contribution in [2.75, 3.05) is 0 Å². The molecule has 12 aromatic rings. The van der Waals surface area contributed by atoms with E-state index in [0.29, 0.717) is 22.9 Å². The Morgan fingerprint density at radius 3 is 1.44 bits per heavy atom. The van der Waals surface area contributed by atoms with Gasteiger partial charge in [0.1, 0.15) is 22.3 Å². The van der Waals surface area contributed by atoms with E-state index >= 15 is 0 Å². The lowest BCUT2D eigenvalue weighted by Crippen LogP contribution is -2.48. The van der Waals surface area contributed by atoms with Gasteiger partial charge in [0.25, 0.3) is 0 Å². The van der Waals surface area contributed by atoms with Crippen molar-refractivity contribution in [1.29, 1.82) is 0 Å². The monoisotopic (exact) mass is 927 g/mol. The van der Waals surface area contributed by atoms with E-state index < -0.39 is 0 Å². The van der Waals surface area contributed by atoms with Crippen LogP contribution in [0.1, 0.15) is 44.1 Å². The molecule has 5 heteroatoms. The van der Waals surface area contributed by atoms with E-state index in [1.165, 1.54) is 44.1 Å². The average Bonchev–Trinajstić information content (AvgIpc) is 4.02. The van der Waals surface area contributed by atoms with Crippen molar-refractivity contribution >= 4 is 43.9 Å². The van der Waals surface area contributed by atoms with Gasteiger partial charge < -0.3 is 8.83 Å². The number of hydrogen-bond donors (Lipinski definition) is 0. The molecule has 9 aromatic carbocycles. The second-order valence-electron chi connectivity index (χ2n) is 20.9. The van der Waals surface area contributed by atoms with Crippen molar-refractivity contribution in [3.05, 3.63) is 212 Å². The van der Waals surface area contributed by atoms with Gasteiger partial charge >= 0.3 is 0 Å². The highest BCUT2D eigenvalue weighted by Gasteiger charge is 2.51. The summed E-state index contributed by atoms with van der Waals surface area (Å²) >= 11 is 0. The van der Waals surface area contributed by atoms with Crippen LogP contribution in [0.25, 0.3) is 123 Å². The van der Waals surface area contributed by atoms with Crippen molar-refractivity contribution in [3.8, 4) is 78.7 Å². The molecular formula is C67H49N3O2. The van der Waals surface area contributed by atoms with Gasteiger partial charge in [0, 0.05) is 43.8 Å². The number of furan rings is 2. The fraction of sp³-hybridized carbons (Fsp3) is 0.149. The predicted octanol–water partition coefficient (Wildman–Crippen LogP) is 17.8. The van der Waals surface area contributed by atoms with Gasteiger partial charge in [-0.25, -0.2) is 15.0 Å². The van der Waals surface area contributed by atoms with Gasteiger partial charge in [-0.2, -0.15) is 0 Å². The molecule has 0 unspecified atom stereocenters. The third-order valence-corrected chi connectivity index (χ3v) is 16.5. The van der Waals surface area contributed by atoms with E-state index in [1.807, 2.05) is 42.5 Å². The highest BCUT2D eigenvalue weighted by atomic mass is 16.3. The fourth-order valence-electron chi connectivity index (χ4n) is 13.6. The lowest BCUT2D eigenvalue weighted by Gasteiger charge is -2.57. The highest BCUT2D eigenvalue weighted by Crippen LogP contribution is 2.61. The lowest BCUT2D eigenvalue weighted by molar-refractivity contribution is -0.00518. The number of hydrogen-bond acceptors (Lipinski definition) is 5. The normalized spacial score (nSPS) is 19.2. The summed E-state index contributed by atoms with van der Waals surface area (Å²) in [4.78, 5) is 15.7. The van der Waals surface area contributed by atoms with E-state index in [1.54, 1.807) is 5.56 Å². The van der Waals surface area contributed by atoms with Crippen LogP contribution in [0.2, 0.25) is 0 Å². The quantitative estimate of drug-likeness (QED) is 0.152. The molecule has 0 atom stereocenters. The summed E-state index contributed by atoms with van der Waals surface area (Å²) in [7, 11) is 0. The number of nitrogens with zero attached hydrogens (tertiary/aromatic N) is 3. The third-order valence-electron chi connectivity index (χ3n) is 16.5. The van der Waals surface area contributed by atoms with Gasteiger partial charge in [0.15, 0.2) is 17.5 Å². The van der Waals surface area contributed by atoms with Gasteiger partial charge in [-0.05, 0) is 131 Å². The minimum Gasteiger partial charge on any atom is -0.455 e. The molecule has 4 aliphatic carbocycles. The third kappa shape index (κ3) is 6.78. The Balaban J connectivity index is 0.827. The Bertz CT molecular complexity index is 4030. The van der Waals surface area contributed by atoms with E-state index in [9.17, 15) is 0 Å². The molecule has 344 valence electrons. The van der Waals surface area contributed by atoms with Crippen molar-refractivity contribution in [2.24, 2.45) is 17.8 Å². The SMILES string of the molecule is c1ccc(-c2ccc(-c3nc(-c4ccccc4)nc(-c4cccc5c4oc4ccc(-c6cccc7c6oc6c(-c8ccc(C9%10CC%11CC(CC(C%11)C9)C%10)cc8)cccc67)cc45)n3)c(-c3ccccc3)c2)cc1. The van der Waals surface area contributed by atoms with Crippen LogP contribution in [0, 0.1) is 17.8 Å². The van der Waals surface area contributed by atoms with E-state index in [0.717, 1.165) is 117 Å². The topological polar surface area (TPSA) is 65.0 Å². The molecule has 0 N–H and O–H groups in total. The van der Waals surface area contributed by atoms with Crippen molar-refractivity contribution < 1.29 is 8.83 Å². The predicted molar refractivity (Wildman–Crippen MR) is 292 cm³/mol. The summed E-state index contributed by atoms with van der Waals surface area (Å²) in [5.74, 6) is 4.50. The van der Waals surface area contributed by atoms with Crippen LogP contribution in [0.3, 0.4) is 0 Å². The Labute approximate surface area is 417 Å². The smallest absolute Gasteiger partial charge is 0.167 e. The van der Waals surface area contributed by atoms with Gasteiger partial charge in [-0.15, -0.1) is 0 Å². The van der Waals surface area contributed by atoms with Crippen LogP contribution in [0.15, 0.2) is 215 Å². The summed E-state index contributed by atoms with van der Waals surface area (Å²) in [5.41, 5.74) is 16.7.